The van der Waals surface area contributed by atoms with Gasteiger partial charge < -0.3 is 25.4 Å². The van der Waals surface area contributed by atoms with Gasteiger partial charge in [0.05, 0.1) is 24.6 Å². The van der Waals surface area contributed by atoms with Crippen molar-refractivity contribution in [3.8, 4) is 17.0 Å². The number of morpholine rings is 1. The lowest BCUT2D eigenvalue weighted by molar-refractivity contribution is -0.121. The Hall–Kier alpha value is -4.02. The van der Waals surface area contributed by atoms with Crippen molar-refractivity contribution in [1.82, 2.24) is 14.9 Å². The lowest BCUT2D eigenvalue weighted by atomic mass is 10.1. The molecule has 2 aliphatic heterocycles. The molecule has 35 heavy (non-hydrogen) atoms. The molecule has 1 saturated heterocycles. The van der Waals surface area contributed by atoms with E-state index >= 15 is 0 Å². The summed E-state index contributed by atoms with van der Waals surface area (Å²) in [7, 11) is 0. The number of rotatable bonds is 7. The smallest absolute Gasteiger partial charge is 0.265 e. The second-order valence-electron chi connectivity index (χ2n) is 8.31. The Morgan fingerprint density at radius 1 is 1.09 bits per heavy atom. The molecule has 3 heterocycles. The quantitative estimate of drug-likeness (QED) is 0.533. The summed E-state index contributed by atoms with van der Waals surface area (Å²) in [5.41, 5.74) is 8.66. The van der Waals surface area contributed by atoms with Gasteiger partial charge in [-0.15, -0.1) is 0 Å². The van der Waals surface area contributed by atoms with Crippen LogP contribution in [-0.2, 0) is 9.53 Å². The molecule has 10 heteroatoms. The summed E-state index contributed by atoms with van der Waals surface area (Å²) in [6.45, 7) is 4.54. The van der Waals surface area contributed by atoms with Crippen LogP contribution in [0.1, 0.15) is 10.4 Å². The van der Waals surface area contributed by atoms with E-state index in [9.17, 15) is 9.59 Å². The van der Waals surface area contributed by atoms with Gasteiger partial charge >= 0.3 is 0 Å². The number of aromatic nitrogens is 2. The summed E-state index contributed by atoms with van der Waals surface area (Å²) < 4.78 is 11.1. The Morgan fingerprint density at radius 3 is 2.77 bits per heavy atom. The van der Waals surface area contributed by atoms with Gasteiger partial charge in [-0.3, -0.25) is 14.5 Å². The number of nitrogens with two attached hydrogens (primary N) is 1. The van der Waals surface area contributed by atoms with Crippen LogP contribution in [0.5, 0.6) is 5.75 Å². The van der Waals surface area contributed by atoms with Crippen LogP contribution in [0.25, 0.3) is 11.3 Å². The number of benzene rings is 2. The molecule has 0 radical (unpaired) electrons. The number of primary amides is 1. The van der Waals surface area contributed by atoms with E-state index < -0.39 is 5.91 Å². The van der Waals surface area contributed by atoms with Gasteiger partial charge in [-0.05, 0) is 42.5 Å². The van der Waals surface area contributed by atoms with Gasteiger partial charge in [0.25, 0.3) is 5.91 Å². The van der Waals surface area contributed by atoms with Crippen molar-refractivity contribution in [1.29, 1.82) is 0 Å². The summed E-state index contributed by atoms with van der Waals surface area (Å²) in [6.07, 6.45) is 1.65. The molecule has 5 rings (SSSR count). The molecule has 0 spiro atoms. The van der Waals surface area contributed by atoms with Crippen LogP contribution < -0.4 is 20.7 Å². The van der Waals surface area contributed by atoms with E-state index in [-0.39, 0.29) is 12.5 Å². The van der Waals surface area contributed by atoms with E-state index in [0.717, 1.165) is 30.9 Å². The van der Waals surface area contributed by atoms with Crippen molar-refractivity contribution < 1.29 is 19.1 Å². The number of nitrogens with zero attached hydrogens (tertiary/aromatic N) is 4. The number of fused-ring (bicyclic) bond motifs is 1. The van der Waals surface area contributed by atoms with Gasteiger partial charge in [-0.1, -0.05) is 6.07 Å². The first-order chi connectivity index (χ1) is 17.1. The number of ether oxygens (including phenoxy) is 2. The highest BCUT2D eigenvalue weighted by Gasteiger charge is 2.26. The van der Waals surface area contributed by atoms with E-state index in [4.69, 9.17) is 15.2 Å². The standard InChI is InChI=1S/C25H26N6O4/c26-24(33)18-2-1-3-19(14-18)28-25-27-7-6-20(29-25)17-4-5-22-21(15-17)31(23(32)16-35-22)9-8-30-10-12-34-13-11-30/h1-7,14-15H,8-13,16H2,(H2,26,33)(H,27,28,29). The molecule has 2 aliphatic rings. The molecular weight excluding hydrogens is 448 g/mol. The van der Waals surface area contributed by atoms with Crippen molar-refractivity contribution in [3.05, 3.63) is 60.3 Å². The molecule has 1 fully saturated rings. The monoisotopic (exact) mass is 474 g/mol. The van der Waals surface area contributed by atoms with E-state index in [1.165, 1.54) is 0 Å². The topological polar surface area (TPSA) is 123 Å². The Morgan fingerprint density at radius 2 is 1.94 bits per heavy atom. The number of nitrogens with one attached hydrogen (secondary N) is 1. The highest BCUT2D eigenvalue weighted by Crippen LogP contribution is 2.35. The Bertz CT molecular complexity index is 1240. The molecule has 0 saturated carbocycles. The van der Waals surface area contributed by atoms with Crippen LogP contribution in [0.3, 0.4) is 0 Å². The second kappa shape index (κ2) is 10.1. The first-order valence-corrected chi connectivity index (χ1v) is 11.4. The predicted molar refractivity (Wildman–Crippen MR) is 131 cm³/mol. The highest BCUT2D eigenvalue weighted by molar-refractivity contribution is 5.98. The molecule has 2 amide bonds. The fraction of sp³-hybridized carbons (Fsp3) is 0.280. The number of hydrogen-bond donors (Lipinski definition) is 2. The number of anilines is 3. The molecule has 0 bridgehead atoms. The fourth-order valence-electron chi connectivity index (χ4n) is 4.13. The lowest BCUT2D eigenvalue weighted by Gasteiger charge is -2.33. The minimum atomic E-state index is -0.507. The molecule has 180 valence electrons. The number of carbonyl (C=O) groups excluding carboxylic acids is 2. The maximum absolute atomic E-state index is 12.7. The minimum absolute atomic E-state index is 0.0292. The zero-order chi connectivity index (χ0) is 24.2. The highest BCUT2D eigenvalue weighted by atomic mass is 16.5. The Balaban J connectivity index is 1.37. The van der Waals surface area contributed by atoms with Crippen LogP contribution >= 0.6 is 0 Å². The zero-order valence-corrected chi connectivity index (χ0v) is 19.1. The first-order valence-electron chi connectivity index (χ1n) is 11.4. The third-order valence-electron chi connectivity index (χ3n) is 6.00. The average molecular weight is 475 g/mol. The number of carbonyl (C=O) groups is 2. The van der Waals surface area contributed by atoms with Crippen molar-refractivity contribution in [2.24, 2.45) is 5.73 Å². The first kappa shape index (κ1) is 22.8. The Labute approximate surface area is 202 Å². The summed E-state index contributed by atoms with van der Waals surface area (Å²) in [5, 5.41) is 3.11. The SMILES string of the molecule is NC(=O)c1cccc(Nc2nccc(-c3ccc4c(c3)N(CCN3CCOCC3)C(=O)CO4)n2)c1. The fourth-order valence-corrected chi connectivity index (χ4v) is 4.13. The van der Waals surface area contributed by atoms with Crippen LogP contribution in [0, 0.1) is 0 Å². The lowest BCUT2D eigenvalue weighted by Crippen LogP contribution is -2.45. The van der Waals surface area contributed by atoms with E-state index in [0.29, 0.717) is 48.4 Å². The number of hydrogen-bond acceptors (Lipinski definition) is 8. The van der Waals surface area contributed by atoms with Crippen LogP contribution in [-0.4, -0.2) is 72.7 Å². The molecule has 10 nitrogen and oxygen atoms in total. The van der Waals surface area contributed by atoms with Crippen LogP contribution in [0.4, 0.5) is 17.3 Å². The van der Waals surface area contributed by atoms with Gasteiger partial charge in [-0.25, -0.2) is 9.97 Å². The summed E-state index contributed by atoms with van der Waals surface area (Å²) in [4.78, 5) is 37.2. The Kier molecular flexibility index (Phi) is 6.55. The molecule has 0 unspecified atom stereocenters. The summed E-state index contributed by atoms with van der Waals surface area (Å²) in [6, 6.07) is 14.3. The maximum Gasteiger partial charge on any atom is 0.265 e. The molecule has 0 aliphatic carbocycles. The van der Waals surface area contributed by atoms with E-state index in [2.05, 4.69) is 20.2 Å². The van der Waals surface area contributed by atoms with Crippen LogP contribution in [0.15, 0.2) is 54.7 Å². The molecule has 2 aromatic carbocycles. The summed E-state index contributed by atoms with van der Waals surface area (Å²) in [5.74, 6) is 0.471. The summed E-state index contributed by atoms with van der Waals surface area (Å²) >= 11 is 0. The largest absolute Gasteiger partial charge is 0.482 e. The van der Waals surface area contributed by atoms with E-state index in [1.54, 1.807) is 41.4 Å². The molecular formula is C25H26N6O4. The molecule has 1 aromatic heterocycles. The van der Waals surface area contributed by atoms with Crippen molar-refractivity contribution in [2.75, 3.05) is 56.2 Å². The van der Waals surface area contributed by atoms with Crippen molar-refractivity contribution >= 4 is 29.1 Å². The van der Waals surface area contributed by atoms with Crippen molar-refractivity contribution in [3.63, 3.8) is 0 Å². The third-order valence-corrected chi connectivity index (χ3v) is 6.00. The average Bonchev–Trinajstić information content (AvgIpc) is 2.89. The number of amides is 2. The van der Waals surface area contributed by atoms with Gasteiger partial charge in [-0.2, -0.15) is 0 Å². The van der Waals surface area contributed by atoms with Gasteiger partial charge in [0.1, 0.15) is 5.75 Å². The minimum Gasteiger partial charge on any atom is -0.482 e. The van der Waals surface area contributed by atoms with Crippen molar-refractivity contribution in [2.45, 2.75) is 0 Å². The molecule has 3 aromatic rings. The van der Waals surface area contributed by atoms with E-state index in [1.807, 2.05) is 18.2 Å². The van der Waals surface area contributed by atoms with Gasteiger partial charge in [0.15, 0.2) is 6.61 Å². The molecule has 0 atom stereocenters. The second-order valence-corrected chi connectivity index (χ2v) is 8.31. The maximum atomic E-state index is 12.7. The molecule has 3 N–H and O–H groups in total. The van der Waals surface area contributed by atoms with Gasteiger partial charge in [0, 0.05) is 49.2 Å². The zero-order valence-electron chi connectivity index (χ0n) is 19.1. The predicted octanol–water partition coefficient (Wildman–Crippen LogP) is 2.04. The van der Waals surface area contributed by atoms with Crippen LogP contribution in [0.2, 0.25) is 0 Å². The normalized spacial score (nSPS) is 15.9. The van der Waals surface area contributed by atoms with Gasteiger partial charge in [0.2, 0.25) is 11.9 Å². The third kappa shape index (κ3) is 5.23.